The smallest absolute Gasteiger partial charge is 0.223 e. The van der Waals surface area contributed by atoms with Crippen LogP contribution in [0, 0.1) is 0 Å². The Labute approximate surface area is 134 Å². The maximum Gasteiger partial charge on any atom is 0.223 e. The molecule has 1 aliphatic rings. The quantitative estimate of drug-likeness (QED) is 0.908. The normalized spacial score (nSPS) is 17.8. The van der Waals surface area contributed by atoms with Gasteiger partial charge in [-0.2, -0.15) is 0 Å². The van der Waals surface area contributed by atoms with Crippen LogP contribution in [0.3, 0.4) is 0 Å². The first-order valence-electron chi connectivity index (χ1n) is 8.34. The fourth-order valence-electron chi connectivity index (χ4n) is 3.01. The Morgan fingerprint density at radius 2 is 1.59 bits per heavy atom. The van der Waals surface area contributed by atoms with E-state index in [1.165, 1.54) is 11.1 Å². The van der Waals surface area contributed by atoms with E-state index >= 15 is 0 Å². The van der Waals surface area contributed by atoms with E-state index in [0.29, 0.717) is 24.9 Å². The summed E-state index contributed by atoms with van der Waals surface area (Å²) in [5.74, 6) is 0.762. The number of rotatable bonds is 5. The maximum absolute atomic E-state index is 11.9. The van der Waals surface area contributed by atoms with Gasteiger partial charge >= 0.3 is 0 Å². The number of amides is 1. The summed E-state index contributed by atoms with van der Waals surface area (Å²) in [7, 11) is 0. The molecule has 1 atom stereocenters. The first-order valence-corrected chi connectivity index (χ1v) is 8.34. The lowest BCUT2D eigenvalue weighted by Gasteiger charge is -2.38. The Morgan fingerprint density at radius 3 is 2.09 bits per heavy atom. The summed E-state index contributed by atoms with van der Waals surface area (Å²) in [5.41, 5.74) is 8.20. The fourth-order valence-corrected chi connectivity index (χ4v) is 3.01. The summed E-state index contributed by atoms with van der Waals surface area (Å²) in [6.07, 6.45) is 0.465. The van der Waals surface area contributed by atoms with Crippen molar-refractivity contribution < 1.29 is 4.79 Å². The Bertz CT molecular complexity index is 476. The van der Waals surface area contributed by atoms with E-state index < -0.39 is 0 Å². The van der Waals surface area contributed by atoms with Crippen molar-refractivity contribution in [2.24, 2.45) is 5.73 Å². The van der Waals surface area contributed by atoms with E-state index in [1.54, 1.807) is 0 Å². The van der Waals surface area contributed by atoms with E-state index in [9.17, 15) is 4.79 Å². The predicted molar refractivity (Wildman–Crippen MR) is 90.8 cm³/mol. The van der Waals surface area contributed by atoms with E-state index in [-0.39, 0.29) is 5.91 Å². The van der Waals surface area contributed by atoms with E-state index in [0.717, 1.165) is 26.2 Å². The zero-order chi connectivity index (χ0) is 16.1. The second kappa shape index (κ2) is 7.75. The highest BCUT2D eigenvalue weighted by atomic mass is 16.2. The molecule has 0 bridgehead atoms. The van der Waals surface area contributed by atoms with Crippen LogP contribution < -0.4 is 5.73 Å². The highest BCUT2D eigenvalue weighted by molar-refractivity contribution is 5.76. The van der Waals surface area contributed by atoms with Crippen LogP contribution in [0.4, 0.5) is 0 Å². The molecule has 22 heavy (non-hydrogen) atoms. The number of hydrogen-bond acceptors (Lipinski definition) is 3. The molecule has 4 heteroatoms. The molecule has 2 N–H and O–H groups in total. The largest absolute Gasteiger partial charge is 0.340 e. The van der Waals surface area contributed by atoms with Crippen LogP contribution in [0.15, 0.2) is 24.3 Å². The molecule has 0 aromatic heterocycles. The van der Waals surface area contributed by atoms with Gasteiger partial charge in [-0.3, -0.25) is 9.69 Å². The zero-order valence-corrected chi connectivity index (χ0v) is 14.1. The van der Waals surface area contributed by atoms with Crippen molar-refractivity contribution in [1.82, 2.24) is 9.80 Å². The Kier molecular flexibility index (Phi) is 5.98. The molecule has 4 nitrogen and oxygen atoms in total. The van der Waals surface area contributed by atoms with Gasteiger partial charge in [-0.15, -0.1) is 0 Å². The van der Waals surface area contributed by atoms with Gasteiger partial charge in [-0.1, -0.05) is 38.1 Å². The molecular formula is C18H29N3O. The topological polar surface area (TPSA) is 49.6 Å². The van der Waals surface area contributed by atoms with E-state index in [4.69, 9.17) is 5.73 Å². The van der Waals surface area contributed by atoms with Gasteiger partial charge in [0.2, 0.25) is 5.91 Å². The number of carbonyl (C=O) groups is 1. The summed E-state index contributed by atoms with van der Waals surface area (Å²) in [6, 6.07) is 9.35. The average Bonchev–Trinajstić information content (AvgIpc) is 2.54. The Balaban J connectivity index is 1.91. The first kappa shape index (κ1) is 17.0. The number of hydrogen-bond donors (Lipinski definition) is 1. The second-order valence-corrected chi connectivity index (χ2v) is 6.45. The predicted octanol–water partition coefficient (Wildman–Crippen LogP) is 2.36. The molecule has 2 rings (SSSR count). The summed E-state index contributed by atoms with van der Waals surface area (Å²) >= 11 is 0. The summed E-state index contributed by atoms with van der Waals surface area (Å²) in [5, 5.41) is 0. The summed E-state index contributed by atoms with van der Waals surface area (Å²) in [4.78, 5) is 16.3. The number of carbonyl (C=O) groups excluding carboxylic acids is 1. The van der Waals surface area contributed by atoms with Crippen LogP contribution in [0.5, 0.6) is 0 Å². The van der Waals surface area contributed by atoms with Crippen molar-refractivity contribution in [3.05, 3.63) is 35.4 Å². The molecule has 1 aromatic carbocycles. The van der Waals surface area contributed by atoms with Crippen LogP contribution >= 0.6 is 0 Å². The fraction of sp³-hybridized carbons (Fsp3) is 0.611. The lowest BCUT2D eigenvalue weighted by atomic mass is 9.99. The van der Waals surface area contributed by atoms with Gasteiger partial charge < -0.3 is 10.6 Å². The van der Waals surface area contributed by atoms with Crippen molar-refractivity contribution in [3.8, 4) is 0 Å². The van der Waals surface area contributed by atoms with Crippen LogP contribution in [0.1, 0.15) is 50.3 Å². The second-order valence-electron chi connectivity index (χ2n) is 6.45. The highest BCUT2D eigenvalue weighted by Crippen LogP contribution is 2.24. The third-order valence-corrected chi connectivity index (χ3v) is 4.66. The van der Waals surface area contributed by atoms with Crippen LogP contribution in [-0.4, -0.2) is 48.4 Å². The van der Waals surface area contributed by atoms with Gasteiger partial charge in [0.15, 0.2) is 0 Å². The van der Waals surface area contributed by atoms with Gasteiger partial charge in [0.25, 0.3) is 0 Å². The molecule has 1 fully saturated rings. The molecule has 1 aromatic rings. The molecule has 1 aliphatic heterocycles. The Morgan fingerprint density at radius 1 is 1.05 bits per heavy atom. The van der Waals surface area contributed by atoms with Gasteiger partial charge in [0.05, 0.1) is 0 Å². The monoisotopic (exact) mass is 303 g/mol. The lowest BCUT2D eigenvalue weighted by Crippen LogP contribution is -2.49. The van der Waals surface area contributed by atoms with Crippen LogP contribution in [0.2, 0.25) is 0 Å². The third-order valence-electron chi connectivity index (χ3n) is 4.66. The minimum absolute atomic E-state index is 0.191. The number of nitrogens with zero attached hydrogens (tertiary/aromatic N) is 2. The van der Waals surface area contributed by atoms with Crippen molar-refractivity contribution in [2.75, 3.05) is 32.7 Å². The zero-order valence-electron chi connectivity index (χ0n) is 14.1. The van der Waals surface area contributed by atoms with Gasteiger partial charge in [-0.05, 0) is 24.0 Å². The standard InChI is InChI=1S/C18H29N3O/c1-14(2)16-4-6-17(7-5-16)15(3)20-10-12-21(13-11-20)18(22)8-9-19/h4-7,14-15H,8-13,19H2,1-3H3. The van der Waals surface area contributed by atoms with Crippen LogP contribution in [-0.2, 0) is 4.79 Å². The van der Waals surface area contributed by atoms with Gasteiger partial charge in [0, 0.05) is 45.2 Å². The molecule has 1 unspecified atom stereocenters. The molecule has 1 saturated heterocycles. The molecular weight excluding hydrogens is 274 g/mol. The maximum atomic E-state index is 11.9. The van der Waals surface area contributed by atoms with E-state index in [2.05, 4.69) is 49.9 Å². The third kappa shape index (κ3) is 4.08. The Hall–Kier alpha value is -1.39. The van der Waals surface area contributed by atoms with E-state index in [1.807, 2.05) is 4.90 Å². The van der Waals surface area contributed by atoms with Crippen LogP contribution in [0.25, 0.3) is 0 Å². The minimum Gasteiger partial charge on any atom is -0.340 e. The SMILES string of the molecule is CC(C)c1ccc(C(C)N2CCN(C(=O)CCN)CC2)cc1. The summed E-state index contributed by atoms with van der Waals surface area (Å²) in [6.45, 7) is 10.6. The average molecular weight is 303 g/mol. The van der Waals surface area contributed by atoms with Crippen molar-refractivity contribution in [3.63, 3.8) is 0 Å². The van der Waals surface area contributed by atoms with Crippen molar-refractivity contribution >= 4 is 5.91 Å². The first-order chi connectivity index (χ1) is 10.5. The summed E-state index contributed by atoms with van der Waals surface area (Å²) < 4.78 is 0. The van der Waals surface area contributed by atoms with Crippen molar-refractivity contribution in [2.45, 2.75) is 39.2 Å². The number of benzene rings is 1. The molecule has 0 spiro atoms. The van der Waals surface area contributed by atoms with Gasteiger partial charge in [-0.25, -0.2) is 0 Å². The molecule has 0 radical (unpaired) electrons. The van der Waals surface area contributed by atoms with Crippen molar-refractivity contribution in [1.29, 1.82) is 0 Å². The number of nitrogens with two attached hydrogens (primary N) is 1. The highest BCUT2D eigenvalue weighted by Gasteiger charge is 2.24. The molecule has 1 amide bonds. The van der Waals surface area contributed by atoms with Gasteiger partial charge in [0.1, 0.15) is 0 Å². The molecule has 0 saturated carbocycles. The minimum atomic E-state index is 0.191. The lowest BCUT2D eigenvalue weighted by molar-refractivity contribution is -0.133. The molecule has 1 heterocycles. The molecule has 122 valence electrons. The molecule has 0 aliphatic carbocycles. The number of piperazine rings is 1.